The van der Waals surface area contributed by atoms with Crippen LogP contribution < -0.4 is 5.73 Å². The number of para-hydroxylation sites is 1. The van der Waals surface area contributed by atoms with Crippen molar-refractivity contribution < 1.29 is 29.3 Å². The van der Waals surface area contributed by atoms with Crippen molar-refractivity contribution in [1.82, 2.24) is 0 Å². The van der Waals surface area contributed by atoms with Gasteiger partial charge in [-0.15, -0.1) is 0 Å². The Balaban J connectivity index is 1.32. The van der Waals surface area contributed by atoms with Crippen LogP contribution in [0.5, 0.6) is 0 Å². The molecule has 36 heavy (non-hydrogen) atoms. The maximum absolute atomic E-state index is 13.4. The monoisotopic (exact) mass is 495 g/mol. The number of hydrogen-bond donors (Lipinski definition) is 3. The lowest BCUT2D eigenvalue weighted by Crippen LogP contribution is -2.61. The first-order chi connectivity index (χ1) is 17.0. The molecule has 1 aromatic carbocycles. The summed E-state index contributed by atoms with van der Waals surface area (Å²) in [6, 6.07) is 7.00. The molecular weight excluding hydrogens is 458 g/mol. The van der Waals surface area contributed by atoms with Gasteiger partial charge >= 0.3 is 5.97 Å². The van der Waals surface area contributed by atoms with Gasteiger partial charge in [-0.05, 0) is 66.9 Å². The highest BCUT2D eigenvalue weighted by Gasteiger charge is 2.68. The number of allylic oxidation sites excluding steroid dienone is 2. The molecule has 0 saturated heterocycles. The molecule has 3 saturated carbocycles. The Labute approximate surface area is 212 Å². The van der Waals surface area contributed by atoms with Crippen molar-refractivity contribution in [2.45, 2.75) is 76.9 Å². The topological polar surface area (TPSA) is 127 Å². The van der Waals surface area contributed by atoms with Gasteiger partial charge in [0.05, 0.1) is 12.5 Å². The summed E-state index contributed by atoms with van der Waals surface area (Å²) in [4.78, 5) is 37.9. The number of fused-ring (bicyclic) bond motifs is 5. The van der Waals surface area contributed by atoms with Crippen molar-refractivity contribution in [2.75, 3.05) is 12.3 Å². The molecule has 0 bridgehead atoms. The summed E-state index contributed by atoms with van der Waals surface area (Å²) < 4.78 is 5.29. The molecule has 4 aliphatic carbocycles. The van der Waals surface area contributed by atoms with Crippen LogP contribution in [0.3, 0.4) is 0 Å². The van der Waals surface area contributed by atoms with Gasteiger partial charge in [-0.2, -0.15) is 0 Å². The molecule has 4 N–H and O–H groups in total. The van der Waals surface area contributed by atoms with Crippen LogP contribution in [0.1, 0.15) is 64.4 Å². The van der Waals surface area contributed by atoms with Crippen LogP contribution in [0.15, 0.2) is 35.9 Å². The fourth-order valence-electron chi connectivity index (χ4n) is 8.24. The number of carbonyl (C=O) groups excluding carboxylic acids is 3. The zero-order valence-electron chi connectivity index (χ0n) is 21.2. The molecule has 3 fully saturated rings. The van der Waals surface area contributed by atoms with Crippen LogP contribution in [0.25, 0.3) is 0 Å². The molecule has 0 radical (unpaired) electrons. The highest BCUT2D eigenvalue weighted by Crippen LogP contribution is 2.67. The highest BCUT2D eigenvalue weighted by atomic mass is 16.5. The molecule has 7 nitrogen and oxygen atoms in total. The third-order valence-electron chi connectivity index (χ3n) is 10.2. The minimum absolute atomic E-state index is 0.00952. The summed E-state index contributed by atoms with van der Waals surface area (Å²) in [5, 5.41) is 23.2. The Kier molecular flexibility index (Phi) is 6.15. The number of nitrogen functional groups attached to an aromatic ring is 1. The van der Waals surface area contributed by atoms with Crippen molar-refractivity contribution in [3.05, 3.63) is 41.5 Å². The van der Waals surface area contributed by atoms with E-state index in [1.807, 2.05) is 6.92 Å². The molecule has 194 valence electrons. The van der Waals surface area contributed by atoms with E-state index in [2.05, 4.69) is 13.0 Å². The lowest BCUT2D eigenvalue weighted by molar-refractivity contribution is -0.182. The summed E-state index contributed by atoms with van der Waals surface area (Å²) in [6.45, 7) is 3.60. The van der Waals surface area contributed by atoms with Crippen LogP contribution in [0.4, 0.5) is 5.69 Å². The average molecular weight is 496 g/mol. The van der Waals surface area contributed by atoms with Gasteiger partial charge in [-0.1, -0.05) is 43.7 Å². The largest absolute Gasteiger partial charge is 0.457 e. The number of ketones is 2. The quantitative estimate of drug-likeness (QED) is 0.325. The van der Waals surface area contributed by atoms with Gasteiger partial charge in [0, 0.05) is 23.9 Å². The molecule has 0 aromatic heterocycles. The van der Waals surface area contributed by atoms with E-state index < -0.39 is 35.5 Å². The second-order valence-electron chi connectivity index (χ2n) is 11.9. The summed E-state index contributed by atoms with van der Waals surface area (Å²) >= 11 is 0. The smallest absolute Gasteiger partial charge is 0.310 e. The van der Waals surface area contributed by atoms with Crippen molar-refractivity contribution in [3.8, 4) is 0 Å². The van der Waals surface area contributed by atoms with Crippen LogP contribution >= 0.6 is 0 Å². The van der Waals surface area contributed by atoms with Crippen molar-refractivity contribution in [2.24, 2.45) is 28.6 Å². The van der Waals surface area contributed by atoms with Gasteiger partial charge in [0.25, 0.3) is 0 Å². The minimum Gasteiger partial charge on any atom is -0.457 e. The summed E-state index contributed by atoms with van der Waals surface area (Å²) in [5.74, 6) is -0.613. The van der Waals surface area contributed by atoms with Gasteiger partial charge < -0.3 is 20.7 Å². The van der Waals surface area contributed by atoms with Gasteiger partial charge in [-0.3, -0.25) is 14.4 Å². The minimum atomic E-state index is -1.66. The number of anilines is 1. The molecule has 0 amide bonds. The van der Waals surface area contributed by atoms with Gasteiger partial charge in [0.15, 0.2) is 6.61 Å². The lowest BCUT2D eigenvalue weighted by Gasteiger charge is -2.59. The fraction of sp³-hybridized carbons (Fsp3) is 0.621. The van der Waals surface area contributed by atoms with E-state index in [0.717, 1.165) is 18.4 Å². The zero-order chi connectivity index (χ0) is 25.9. The predicted octanol–water partition coefficient (Wildman–Crippen LogP) is 3.16. The van der Waals surface area contributed by atoms with Crippen LogP contribution in [-0.2, 0) is 25.5 Å². The van der Waals surface area contributed by atoms with E-state index in [1.165, 1.54) is 0 Å². The third kappa shape index (κ3) is 3.74. The van der Waals surface area contributed by atoms with Crippen LogP contribution in [0.2, 0.25) is 0 Å². The molecule has 0 heterocycles. The first kappa shape index (κ1) is 25.2. The normalized spacial score (nSPS) is 39.4. The fourth-order valence-corrected chi connectivity index (χ4v) is 8.24. The van der Waals surface area contributed by atoms with E-state index >= 15 is 0 Å². The standard InChI is InChI=1S/C29H37NO6/c1-27-11-9-19(31)14-18(27)7-8-20-21-10-12-29(35,28(21,2)15-23(32)26(20)27)24(33)16-36-25(34)13-17-5-3-4-6-22(17)30/h3-7,20-21,23,26,32,35H,8-16,30H2,1-2H3. The van der Waals surface area contributed by atoms with Crippen molar-refractivity contribution in [1.29, 1.82) is 0 Å². The molecule has 4 aliphatic rings. The second-order valence-corrected chi connectivity index (χ2v) is 11.9. The van der Waals surface area contributed by atoms with Gasteiger partial charge in [-0.25, -0.2) is 0 Å². The van der Waals surface area contributed by atoms with E-state index in [9.17, 15) is 24.6 Å². The lowest BCUT2D eigenvalue weighted by atomic mass is 9.46. The second kappa shape index (κ2) is 8.80. The number of hydrogen-bond acceptors (Lipinski definition) is 7. The maximum Gasteiger partial charge on any atom is 0.310 e. The average Bonchev–Trinajstić information content (AvgIpc) is 3.10. The number of Topliss-reactive ketones (excluding diaryl/α,β-unsaturated/α-hetero) is 2. The number of rotatable bonds is 5. The Morgan fingerprint density at radius 1 is 1.19 bits per heavy atom. The van der Waals surface area contributed by atoms with Gasteiger partial charge in [0.2, 0.25) is 5.78 Å². The van der Waals surface area contributed by atoms with Crippen LogP contribution in [-0.4, -0.2) is 46.1 Å². The number of aliphatic hydroxyl groups is 2. The highest BCUT2D eigenvalue weighted by molar-refractivity contribution is 5.91. The number of nitrogens with two attached hydrogens (primary N) is 1. The first-order valence-corrected chi connectivity index (χ1v) is 13.1. The number of carbonyl (C=O) groups is 3. The van der Waals surface area contributed by atoms with Crippen LogP contribution in [0, 0.1) is 28.6 Å². The zero-order valence-corrected chi connectivity index (χ0v) is 21.2. The molecule has 0 aliphatic heterocycles. The molecule has 7 atom stereocenters. The number of esters is 1. The Hall–Kier alpha value is -2.51. The van der Waals surface area contributed by atoms with Gasteiger partial charge in [0.1, 0.15) is 11.4 Å². The van der Waals surface area contributed by atoms with E-state index in [-0.39, 0.29) is 41.8 Å². The maximum atomic E-state index is 13.4. The number of ether oxygens (including phenoxy) is 1. The predicted molar refractivity (Wildman–Crippen MR) is 134 cm³/mol. The first-order valence-electron chi connectivity index (χ1n) is 13.1. The molecular formula is C29H37NO6. The Morgan fingerprint density at radius 3 is 2.69 bits per heavy atom. The molecule has 0 spiro atoms. The SMILES string of the molecule is CC12CCC(=O)CC1=CCC1C2C(O)CC2(C)C1CCC2(O)C(=O)COC(=O)Cc1ccccc1N. The Morgan fingerprint density at radius 2 is 1.94 bits per heavy atom. The van der Waals surface area contributed by atoms with Crippen molar-refractivity contribution >= 4 is 23.2 Å². The molecule has 7 unspecified atom stereocenters. The molecule has 1 aromatic rings. The molecule has 7 heteroatoms. The van der Waals surface area contributed by atoms with E-state index in [1.54, 1.807) is 24.3 Å². The summed E-state index contributed by atoms with van der Waals surface area (Å²) in [5.41, 5.74) is 5.46. The third-order valence-corrected chi connectivity index (χ3v) is 10.2. The Bertz CT molecular complexity index is 1130. The molecule has 5 rings (SSSR count). The number of aliphatic hydroxyl groups excluding tert-OH is 1. The summed E-state index contributed by atoms with van der Waals surface area (Å²) in [7, 11) is 0. The summed E-state index contributed by atoms with van der Waals surface area (Å²) in [6.07, 6.45) is 5.24. The van der Waals surface area contributed by atoms with Crippen molar-refractivity contribution in [3.63, 3.8) is 0 Å². The number of benzene rings is 1. The van der Waals surface area contributed by atoms with E-state index in [4.69, 9.17) is 10.5 Å². The van der Waals surface area contributed by atoms with E-state index in [0.29, 0.717) is 36.9 Å².